The highest BCUT2D eigenvalue weighted by Gasteiger charge is 2.13. The van der Waals surface area contributed by atoms with Crippen molar-refractivity contribution in [2.24, 2.45) is 0 Å². The summed E-state index contributed by atoms with van der Waals surface area (Å²) in [6.07, 6.45) is 4.72. The quantitative estimate of drug-likeness (QED) is 0.219. The third-order valence-electron chi connectivity index (χ3n) is 5.73. The molecule has 0 bridgehead atoms. The van der Waals surface area contributed by atoms with Gasteiger partial charge in [-0.25, -0.2) is 0 Å². The van der Waals surface area contributed by atoms with Gasteiger partial charge in [0.25, 0.3) is 0 Å². The zero-order valence-electron chi connectivity index (χ0n) is 18.8. The topological polar surface area (TPSA) is 87.0 Å². The number of hydrogen-bond acceptors (Lipinski definition) is 4. The molecule has 3 aromatic carbocycles. The van der Waals surface area contributed by atoms with E-state index >= 15 is 0 Å². The van der Waals surface area contributed by atoms with Crippen molar-refractivity contribution in [1.29, 1.82) is 0 Å². The molecule has 5 heteroatoms. The summed E-state index contributed by atoms with van der Waals surface area (Å²) in [4.78, 5) is 10.9. The number of unbranched alkanes of at least 4 members (excludes halogenated alkanes) is 3. The van der Waals surface area contributed by atoms with Crippen LogP contribution < -0.4 is 4.74 Å². The standard InChI is InChI=1S/C27H32O5.CH4/c1-18(2)24-13-11-20(26(30)27(24)31)7-5-3-4-6-14-32-23-12-10-21-15-19(16-25(28)29)8-9-22(21)17-23;/h8-13,15,17-18,30-31H,3-7,14,16H2,1-2H3,(H,28,29);1H4. The van der Waals surface area contributed by atoms with Crippen molar-refractivity contribution >= 4 is 16.7 Å². The second-order valence-electron chi connectivity index (χ2n) is 8.59. The van der Waals surface area contributed by atoms with Gasteiger partial charge in [-0.3, -0.25) is 4.79 Å². The molecule has 0 aliphatic carbocycles. The van der Waals surface area contributed by atoms with E-state index in [1.807, 2.05) is 62.4 Å². The summed E-state index contributed by atoms with van der Waals surface area (Å²) >= 11 is 0. The fourth-order valence-electron chi connectivity index (χ4n) is 3.91. The van der Waals surface area contributed by atoms with E-state index in [9.17, 15) is 15.0 Å². The number of carboxylic acid groups (broad SMARTS) is 1. The van der Waals surface area contributed by atoms with Crippen molar-refractivity contribution in [3.63, 3.8) is 0 Å². The molecule has 0 fully saturated rings. The van der Waals surface area contributed by atoms with E-state index in [1.54, 1.807) is 0 Å². The highest BCUT2D eigenvalue weighted by Crippen LogP contribution is 2.37. The van der Waals surface area contributed by atoms with Gasteiger partial charge >= 0.3 is 5.97 Å². The smallest absolute Gasteiger partial charge is 0.307 e. The lowest BCUT2D eigenvalue weighted by molar-refractivity contribution is -0.136. The SMILES string of the molecule is C.CC(C)c1ccc(CCCCCCOc2ccc3cc(CC(=O)O)ccc3c2)c(O)c1O. The molecule has 178 valence electrons. The highest BCUT2D eigenvalue weighted by atomic mass is 16.5. The summed E-state index contributed by atoms with van der Waals surface area (Å²) in [5.41, 5.74) is 2.36. The highest BCUT2D eigenvalue weighted by molar-refractivity contribution is 5.85. The molecule has 0 aliphatic rings. The van der Waals surface area contributed by atoms with E-state index in [0.29, 0.717) is 6.61 Å². The number of ether oxygens (including phenoxy) is 1. The maximum absolute atomic E-state index is 10.9. The molecule has 0 heterocycles. The van der Waals surface area contributed by atoms with Gasteiger partial charge in [-0.2, -0.15) is 0 Å². The lowest BCUT2D eigenvalue weighted by Gasteiger charge is -2.13. The Balaban J connectivity index is 0.00000385. The summed E-state index contributed by atoms with van der Waals surface area (Å²) in [5, 5.41) is 31.3. The number of aliphatic carboxylic acids is 1. The summed E-state index contributed by atoms with van der Waals surface area (Å²) in [6, 6.07) is 15.4. The third-order valence-corrected chi connectivity index (χ3v) is 5.73. The first-order chi connectivity index (χ1) is 15.3. The van der Waals surface area contributed by atoms with Gasteiger partial charge in [0.1, 0.15) is 5.75 Å². The van der Waals surface area contributed by atoms with Gasteiger partial charge in [-0.1, -0.05) is 70.5 Å². The van der Waals surface area contributed by atoms with Crippen molar-refractivity contribution in [2.75, 3.05) is 6.61 Å². The normalized spacial score (nSPS) is 10.9. The number of hydrogen-bond donors (Lipinski definition) is 3. The van der Waals surface area contributed by atoms with Gasteiger partial charge in [0.2, 0.25) is 0 Å². The van der Waals surface area contributed by atoms with Crippen LogP contribution in [0.15, 0.2) is 48.5 Å². The first kappa shape index (κ1) is 26.0. The van der Waals surface area contributed by atoms with E-state index in [2.05, 4.69) is 0 Å². The van der Waals surface area contributed by atoms with Crippen LogP contribution in [0.4, 0.5) is 0 Å². The molecule has 5 nitrogen and oxygen atoms in total. The number of fused-ring (bicyclic) bond motifs is 1. The van der Waals surface area contributed by atoms with Crippen LogP contribution in [0.3, 0.4) is 0 Å². The summed E-state index contributed by atoms with van der Waals surface area (Å²) in [5.74, 6) is 0.190. The molecule has 0 amide bonds. The minimum atomic E-state index is -0.830. The van der Waals surface area contributed by atoms with Gasteiger partial charge in [0.05, 0.1) is 13.0 Å². The Labute approximate surface area is 196 Å². The maximum Gasteiger partial charge on any atom is 0.307 e. The first-order valence-corrected chi connectivity index (χ1v) is 11.3. The summed E-state index contributed by atoms with van der Waals surface area (Å²) in [6.45, 7) is 4.62. The van der Waals surface area contributed by atoms with Crippen LogP contribution in [0.5, 0.6) is 17.2 Å². The molecule has 3 rings (SSSR count). The van der Waals surface area contributed by atoms with Crippen molar-refractivity contribution < 1.29 is 24.9 Å². The minimum Gasteiger partial charge on any atom is -0.504 e. The third kappa shape index (κ3) is 7.14. The molecule has 33 heavy (non-hydrogen) atoms. The van der Waals surface area contributed by atoms with Crippen molar-refractivity contribution in [2.45, 2.75) is 65.7 Å². The molecule has 3 aromatic rings. The monoisotopic (exact) mass is 452 g/mol. The number of benzene rings is 3. The van der Waals surface area contributed by atoms with Crippen LogP contribution in [-0.4, -0.2) is 27.9 Å². The lowest BCUT2D eigenvalue weighted by Crippen LogP contribution is -2.00. The van der Waals surface area contributed by atoms with Crippen LogP contribution in [0.1, 0.15) is 69.6 Å². The zero-order chi connectivity index (χ0) is 23.1. The molecule has 0 spiro atoms. The molecular weight excluding hydrogens is 416 g/mol. The molecule has 0 unspecified atom stereocenters. The second-order valence-corrected chi connectivity index (χ2v) is 8.59. The first-order valence-electron chi connectivity index (χ1n) is 11.3. The van der Waals surface area contributed by atoms with Crippen LogP contribution in [0.25, 0.3) is 10.8 Å². The van der Waals surface area contributed by atoms with Crippen LogP contribution in [-0.2, 0) is 17.6 Å². The fourth-order valence-corrected chi connectivity index (χ4v) is 3.91. The Hall–Kier alpha value is -3.21. The molecule has 0 saturated carbocycles. The van der Waals surface area contributed by atoms with Gasteiger partial charge in [0.15, 0.2) is 11.5 Å². The van der Waals surface area contributed by atoms with E-state index in [-0.39, 0.29) is 31.3 Å². The molecular formula is C28H36O5. The summed E-state index contributed by atoms with van der Waals surface area (Å²) < 4.78 is 5.88. The number of aryl methyl sites for hydroxylation is 1. The number of phenols is 2. The predicted molar refractivity (Wildman–Crippen MR) is 134 cm³/mol. The zero-order valence-corrected chi connectivity index (χ0v) is 18.8. The number of carboxylic acids is 1. The average Bonchev–Trinajstić information content (AvgIpc) is 2.75. The number of phenolic OH excluding ortho intramolecular Hbond substituents is 2. The fraction of sp³-hybridized carbons (Fsp3) is 0.393. The van der Waals surface area contributed by atoms with E-state index < -0.39 is 5.97 Å². The van der Waals surface area contributed by atoms with Crippen LogP contribution in [0, 0.1) is 0 Å². The molecule has 0 radical (unpaired) electrons. The van der Waals surface area contributed by atoms with Crippen molar-refractivity contribution in [1.82, 2.24) is 0 Å². The lowest BCUT2D eigenvalue weighted by atomic mass is 9.97. The molecule has 0 atom stereocenters. The number of rotatable bonds is 11. The largest absolute Gasteiger partial charge is 0.504 e. The Morgan fingerprint density at radius 2 is 1.58 bits per heavy atom. The Bertz CT molecular complexity index is 1070. The number of aromatic hydroxyl groups is 2. The maximum atomic E-state index is 10.9. The Morgan fingerprint density at radius 3 is 2.30 bits per heavy atom. The van der Waals surface area contributed by atoms with Crippen LogP contribution in [0.2, 0.25) is 0 Å². The van der Waals surface area contributed by atoms with Gasteiger partial charge in [-0.15, -0.1) is 0 Å². The Morgan fingerprint density at radius 1 is 0.879 bits per heavy atom. The van der Waals surface area contributed by atoms with E-state index in [4.69, 9.17) is 9.84 Å². The average molecular weight is 453 g/mol. The molecule has 3 N–H and O–H groups in total. The van der Waals surface area contributed by atoms with Crippen molar-refractivity contribution in [3.05, 3.63) is 65.2 Å². The van der Waals surface area contributed by atoms with E-state index in [1.165, 1.54) is 0 Å². The van der Waals surface area contributed by atoms with Gasteiger partial charge in [-0.05, 0) is 59.2 Å². The van der Waals surface area contributed by atoms with Crippen LogP contribution >= 0.6 is 0 Å². The van der Waals surface area contributed by atoms with Crippen molar-refractivity contribution in [3.8, 4) is 17.2 Å². The van der Waals surface area contributed by atoms with Gasteiger partial charge < -0.3 is 20.1 Å². The molecule has 0 saturated heterocycles. The Kier molecular flexibility index (Phi) is 9.58. The predicted octanol–water partition coefficient (Wildman–Crippen LogP) is 6.82. The second kappa shape index (κ2) is 12.1. The summed E-state index contributed by atoms with van der Waals surface area (Å²) in [7, 11) is 0. The molecule has 0 aromatic heterocycles. The number of carbonyl (C=O) groups is 1. The van der Waals surface area contributed by atoms with Gasteiger partial charge in [0, 0.05) is 5.56 Å². The molecule has 0 aliphatic heterocycles. The minimum absolute atomic E-state index is 0. The van der Waals surface area contributed by atoms with E-state index in [0.717, 1.165) is 65.3 Å².